The molecule has 0 nitrogen and oxygen atoms in total. The van der Waals surface area contributed by atoms with Crippen molar-refractivity contribution in [3.05, 3.63) is 36.5 Å². The van der Waals surface area contributed by atoms with Crippen molar-refractivity contribution in [1.29, 1.82) is 0 Å². The van der Waals surface area contributed by atoms with Crippen molar-refractivity contribution in [2.45, 2.75) is 41.0 Å². The van der Waals surface area contributed by atoms with E-state index in [1.54, 1.807) is 0 Å². The molecule has 0 aromatic heterocycles. The molecule has 0 radical (unpaired) electrons. The van der Waals surface area contributed by atoms with Gasteiger partial charge in [0, 0.05) is 0 Å². The van der Waals surface area contributed by atoms with Gasteiger partial charge in [-0.25, -0.2) is 0 Å². The van der Waals surface area contributed by atoms with Gasteiger partial charge < -0.3 is 0 Å². The molecule has 15 heavy (non-hydrogen) atoms. The summed E-state index contributed by atoms with van der Waals surface area (Å²) in [6.45, 7) is 15.1. The van der Waals surface area contributed by atoms with E-state index < -0.39 is 0 Å². The van der Waals surface area contributed by atoms with Gasteiger partial charge in [0.25, 0.3) is 0 Å². The van der Waals surface area contributed by atoms with Crippen LogP contribution in [0.3, 0.4) is 0 Å². The minimum absolute atomic E-state index is 0.638. The van der Waals surface area contributed by atoms with Crippen LogP contribution in [-0.2, 0) is 0 Å². The fraction of sp³-hybridized carbons (Fsp3) is 0.600. The van der Waals surface area contributed by atoms with Crippen molar-refractivity contribution in [1.82, 2.24) is 0 Å². The number of rotatable bonds is 6. The molecule has 0 aliphatic carbocycles. The standard InChI is InChI=1S/C15H26/c1-7-9-10-14(8-2)15(13(5)6)11-12(3)4/h7-10,12-13,15H,2,11H2,1,3-6H3/b9-7-,14-10+. The van der Waals surface area contributed by atoms with Gasteiger partial charge in [0.2, 0.25) is 0 Å². The predicted octanol–water partition coefficient (Wildman–Crippen LogP) is 4.99. The second-order valence-electron chi connectivity index (χ2n) is 4.88. The predicted molar refractivity (Wildman–Crippen MR) is 70.9 cm³/mol. The van der Waals surface area contributed by atoms with E-state index >= 15 is 0 Å². The zero-order valence-corrected chi connectivity index (χ0v) is 11.0. The molecule has 0 heterocycles. The zero-order chi connectivity index (χ0) is 11.8. The van der Waals surface area contributed by atoms with Crippen molar-refractivity contribution < 1.29 is 0 Å². The average Bonchev–Trinajstić information content (AvgIpc) is 2.16. The van der Waals surface area contributed by atoms with E-state index in [0.717, 1.165) is 5.92 Å². The topological polar surface area (TPSA) is 0 Å². The van der Waals surface area contributed by atoms with Crippen molar-refractivity contribution in [2.24, 2.45) is 17.8 Å². The Balaban J connectivity index is 4.77. The van der Waals surface area contributed by atoms with E-state index in [-0.39, 0.29) is 0 Å². The summed E-state index contributed by atoms with van der Waals surface area (Å²) in [6.07, 6.45) is 9.61. The summed E-state index contributed by atoms with van der Waals surface area (Å²) in [5.41, 5.74) is 1.37. The normalized spacial score (nSPS) is 15.3. The Kier molecular flexibility index (Phi) is 7.11. The van der Waals surface area contributed by atoms with Gasteiger partial charge in [0.1, 0.15) is 0 Å². The van der Waals surface area contributed by atoms with Gasteiger partial charge in [-0.2, -0.15) is 0 Å². The largest absolute Gasteiger partial charge is 0.0988 e. The first kappa shape index (κ1) is 14.2. The maximum Gasteiger partial charge on any atom is -0.0137 e. The van der Waals surface area contributed by atoms with E-state index in [9.17, 15) is 0 Å². The molecule has 0 heteroatoms. The van der Waals surface area contributed by atoms with Crippen LogP contribution >= 0.6 is 0 Å². The molecule has 86 valence electrons. The third-order valence-corrected chi connectivity index (χ3v) is 2.68. The Morgan fingerprint density at radius 2 is 1.80 bits per heavy atom. The molecule has 0 aromatic carbocycles. The third kappa shape index (κ3) is 5.61. The van der Waals surface area contributed by atoms with Crippen LogP contribution in [0.15, 0.2) is 36.5 Å². The smallest absolute Gasteiger partial charge is 0.0137 e. The first-order valence-corrected chi connectivity index (χ1v) is 5.98. The number of allylic oxidation sites excluding steroid dienone is 5. The fourth-order valence-corrected chi connectivity index (χ4v) is 1.85. The molecular weight excluding hydrogens is 180 g/mol. The summed E-state index contributed by atoms with van der Waals surface area (Å²) in [4.78, 5) is 0. The van der Waals surface area contributed by atoms with Crippen LogP contribution < -0.4 is 0 Å². The molecule has 0 bridgehead atoms. The molecule has 1 unspecified atom stereocenters. The van der Waals surface area contributed by atoms with E-state index in [1.165, 1.54) is 12.0 Å². The Morgan fingerprint density at radius 3 is 2.13 bits per heavy atom. The first-order chi connectivity index (χ1) is 7.02. The lowest BCUT2D eigenvalue weighted by Crippen LogP contribution is -2.13. The maximum absolute atomic E-state index is 3.92. The highest BCUT2D eigenvalue weighted by Crippen LogP contribution is 2.28. The summed E-state index contributed by atoms with van der Waals surface area (Å²) in [7, 11) is 0. The Bertz CT molecular complexity index is 228. The SMILES string of the molecule is C=C/C(=C\C=C/C)C(CC(C)C)C(C)C. The lowest BCUT2D eigenvalue weighted by molar-refractivity contribution is 0.369. The van der Waals surface area contributed by atoms with E-state index in [0.29, 0.717) is 11.8 Å². The van der Waals surface area contributed by atoms with Crippen molar-refractivity contribution in [2.75, 3.05) is 0 Å². The second kappa shape index (κ2) is 7.50. The minimum atomic E-state index is 0.638. The third-order valence-electron chi connectivity index (χ3n) is 2.68. The number of hydrogen-bond donors (Lipinski definition) is 0. The lowest BCUT2D eigenvalue weighted by Gasteiger charge is -2.24. The Hall–Kier alpha value is -0.780. The van der Waals surface area contributed by atoms with E-state index in [1.807, 2.05) is 13.0 Å². The first-order valence-electron chi connectivity index (χ1n) is 5.98. The molecule has 0 aliphatic heterocycles. The summed E-state index contributed by atoms with van der Waals surface area (Å²) in [5, 5.41) is 0. The van der Waals surface area contributed by atoms with Crippen molar-refractivity contribution >= 4 is 0 Å². The van der Waals surface area contributed by atoms with Crippen molar-refractivity contribution in [3.63, 3.8) is 0 Å². The van der Waals surface area contributed by atoms with Crippen LogP contribution in [0, 0.1) is 17.8 Å². The summed E-state index contributed by atoms with van der Waals surface area (Å²) < 4.78 is 0. The van der Waals surface area contributed by atoms with Gasteiger partial charge in [0.15, 0.2) is 0 Å². The van der Waals surface area contributed by atoms with E-state index in [4.69, 9.17) is 0 Å². The molecule has 1 atom stereocenters. The molecule has 0 saturated carbocycles. The van der Waals surface area contributed by atoms with Gasteiger partial charge in [-0.3, -0.25) is 0 Å². The number of hydrogen-bond acceptors (Lipinski definition) is 0. The van der Waals surface area contributed by atoms with Gasteiger partial charge in [-0.1, -0.05) is 58.6 Å². The quantitative estimate of drug-likeness (QED) is 0.537. The summed E-state index contributed by atoms with van der Waals surface area (Å²) in [5.74, 6) is 2.06. The van der Waals surface area contributed by atoms with Crippen LogP contribution in [0.2, 0.25) is 0 Å². The molecule has 0 saturated heterocycles. The molecule has 0 rings (SSSR count). The maximum atomic E-state index is 3.92. The van der Waals surface area contributed by atoms with Gasteiger partial charge >= 0.3 is 0 Å². The molecular formula is C15H26. The lowest BCUT2D eigenvalue weighted by atomic mass is 9.81. The van der Waals surface area contributed by atoms with Crippen LogP contribution in [0.1, 0.15) is 41.0 Å². The molecule has 0 amide bonds. The van der Waals surface area contributed by atoms with Crippen LogP contribution in [0.25, 0.3) is 0 Å². The second-order valence-corrected chi connectivity index (χ2v) is 4.88. The molecule has 0 aromatic rings. The van der Waals surface area contributed by atoms with Crippen LogP contribution in [-0.4, -0.2) is 0 Å². The van der Waals surface area contributed by atoms with Crippen molar-refractivity contribution in [3.8, 4) is 0 Å². The Morgan fingerprint density at radius 1 is 1.20 bits per heavy atom. The molecule has 0 aliphatic rings. The van der Waals surface area contributed by atoms with E-state index in [2.05, 4.69) is 52.5 Å². The highest BCUT2D eigenvalue weighted by molar-refractivity contribution is 5.25. The van der Waals surface area contributed by atoms with Gasteiger partial charge in [0.05, 0.1) is 0 Å². The highest BCUT2D eigenvalue weighted by atomic mass is 14.2. The van der Waals surface area contributed by atoms with Gasteiger partial charge in [-0.05, 0) is 36.7 Å². The molecule has 0 fully saturated rings. The average molecular weight is 206 g/mol. The Labute approximate surface area is 95.8 Å². The van der Waals surface area contributed by atoms with Crippen LogP contribution in [0.5, 0.6) is 0 Å². The van der Waals surface area contributed by atoms with Crippen LogP contribution in [0.4, 0.5) is 0 Å². The zero-order valence-electron chi connectivity index (χ0n) is 11.0. The molecule has 0 spiro atoms. The minimum Gasteiger partial charge on any atom is -0.0988 e. The highest BCUT2D eigenvalue weighted by Gasteiger charge is 2.17. The summed E-state index contributed by atoms with van der Waals surface area (Å²) in [6, 6.07) is 0. The van der Waals surface area contributed by atoms with Gasteiger partial charge in [-0.15, -0.1) is 0 Å². The summed E-state index contributed by atoms with van der Waals surface area (Å²) >= 11 is 0. The monoisotopic (exact) mass is 206 g/mol. The molecule has 0 N–H and O–H groups in total. The fourth-order valence-electron chi connectivity index (χ4n) is 1.85.